The van der Waals surface area contributed by atoms with Crippen molar-refractivity contribution in [2.24, 2.45) is 0 Å². The highest BCUT2D eigenvalue weighted by Gasteiger charge is 2.31. The SMILES string of the molecule is O=c1c2c(nc(SCc3cccnc3)n1-c1cccc(C(F)(F)F)c1)CCS2. The predicted octanol–water partition coefficient (Wildman–Crippen LogP) is 4.59. The normalized spacial score (nSPS) is 13.5. The van der Waals surface area contributed by atoms with Gasteiger partial charge in [0, 0.05) is 30.3 Å². The number of rotatable bonds is 4. The summed E-state index contributed by atoms with van der Waals surface area (Å²) in [5, 5.41) is 0.384. The third-order valence-electron chi connectivity index (χ3n) is 4.19. The first-order valence-corrected chi connectivity index (χ1v) is 10.4. The number of hydrogen-bond acceptors (Lipinski definition) is 5. The molecule has 2 aromatic heterocycles. The maximum Gasteiger partial charge on any atom is 0.416 e. The van der Waals surface area contributed by atoms with Gasteiger partial charge in [-0.05, 0) is 29.8 Å². The topological polar surface area (TPSA) is 47.8 Å². The highest BCUT2D eigenvalue weighted by Crippen LogP contribution is 2.33. The Morgan fingerprint density at radius 3 is 2.82 bits per heavy atom. The van der Waals surface area contributed by atoms with Crippen molar-refractivity contribution in [1.82, 2.24) is 14.5 Å². The highest BCUT2D eigenvalue weighted by atomic mass is 32.2. The average Bonchev–Trinajstić information content (AvgIpc) is 3.16. The second-order valence-electron chi connectivity index (χ2n) is 6.11. The van der Waals surface area contributed by atoms with E-state index >= 15 is 0 Å². The molecule has 28 heavy (non-hydrogen) atoms. The molecule has 0 unspecified atom stereocenters. The molecule has 0 saturated carbocycles. The van der Waals surface area contributed by atoms with Gasteiger partial charge in [-0.25, -0.2) is 4.98 Å². The number of alkyl halides is 3. The van der Waals surface area contributed by atoms with Gasteiger partial charge in [0.1, 0.15) is 0 Å². The van der Waals surface area contributed by atoms with E-state index in [9.17, 15) is 18.0 Å². The van der Waals surface area contributed by atoms with Gasteiger partial charge in [0.05, 0.1) is 21.8 Å². The van der Waals surface area contributed by atoms with Crippen LogP contribution in [0.5, 0.6) is 0 Å². The Hall–Kier alpha value is -2.26. The van der Waals surface area contributed by atoms with Gasteiger partial charge in [-0.2, -0.15) is 13.2 Å². The third kappa shape index (κ3) is 3.81. The minimum atomic E-state index is -4.48. The van der Waals surface area contributed by atoms with Crippen LogP contribution in [0.2, 0.25) is 0 Å². The van der Waals surface area contributed by atoms with Gasteiger partial charge >= 0.3 is 6.18 Å². The lowest BCUT2D eigenvalue weighted by Gasteiger charge is -2.15. The van der Waals surface area contributed by atoms with Crippen LogP contribution in [0.3, 0.4) is 0 Å². The molecule has 3 aromatic rings. The summed E-state index contributed by atoms with van der Waals surface area (Å²) in [5.74, 6) is 1.25. The fourth-order valence-electron chi connectivity index (χ4n) is 2.87. The number of fused-ring (bicyclic) bond motifs is 1. The van der Waals surface area contributed by atoms with Gasteiger partial charge in [-0.3, -0.25) is 14.3 Å². The number of benzene rings is 1. The van der Waals surface area contributed by atoms with E-state index in [0.717, 1.165) is 23.4 Å². The van der Waals surface area contributed by atoms with Crippen LogP contribution in [0.15, 0.2) is 63.6 Å². The zero-order valence-corrected chi connectivity index (χ0v) is 16.1. The van der Waals surface area contributed by atoms with Gasteiger partial charge in [0.25, 0.3) is 5.56 Å². The second-order valence-corrected chi connectivity index (χ2v) is 8.15. The van der Waals surface area contributed by atoms with Crippen LogP contribution in [0, 0.1) is 0 Å². The fourth-order valence-corrected chi connectivity index (χ4v) is 4.86. The molecular formula is C19H14F3N3OS2. The molecule has 0 aliphatic carbocycles. The third-order valence-corrected chi connectivity index (χ3v) is 6.31. The summed E-state index contributed by atoms with van der Waals surface area (Å²) in [7, 11) is 0. The number of thioether (sulfide) groups is 2. The van der Waals surface area contributed by atoms with Gasteiger partial charge < -0.3 is 0 Å². The molecule has 0 saturated heterocycles. The molecule has 9 heteroatoms. The molecule has 0 spiro atoms. The monoisotopic (exact) mass is 421 g/mol. The van der Waals surface area contributed by atoms with Crippen LogP contribution >= 0.6 is 23.5 Å². The fraction of sp³-hybridized carbons (Fsp3) is 0.211. The molecule has 0 amide bonds. The summed E-state index contributed by atoms with van der Waals surface area (Å²) in [6.07, 6.45) is -0.429. The number of hydrogen-bond donors (Lipinski definition) is 0. The summed E-state index contributed by atoms with van der Waals surface area (Å²) in [6.45, 7) is 0. The predicted molar refractivity (Wildman–Crippen MR) is 103 cm³/mol. The summed E-state index contributed by atoms with van der Waals surface area (Å²) in [6, 6.07) is 8.49. The lowest BCUT2D eigenvalue weighted by Crippen LogP contribution is -2.24. The van der Waals surface area contributed by atoms with Crippen LogP contribution in [-0.4, -0.2) is 20.3 Å². The Balaban J connectivity index is 1.80. The van der Waals surface area contributed by atoms with E-state index in [2.05, 4.69) is 9.97 Å². The van der Waals surface area contributed by atoms with Gasteiger partial charge in [0.15, 0.2) is 5.16 Å². The number of aromatic nitrogens is 3. The number of nitrogens with zero attached hydrogens (tertiary/aromatic N) is 3. The minimum Gasteiger partial charge on any atom is -0.268 e. The molecule has 0 N–H and O–H groups in total. The van der Waals surface area contributed by atoms with Crippen molar-refractivity contribution in [2.45, 2.75) is 28.4 Å². The second kappa shape index (κ2) is 7.63. The smallest absolute Gasteiger partial charge is 0.268 e. The summed E-state index contributed by atoms with van der Waals surface area (Å²) in [5.41, 5.74) is 0.698. The first-order chi connectivity index (χ1) is 13.4. The van der Waals surface area contributed by atoms with Crippen LogP contribution in [0.25, 0.3) is 5.69 Å². The zero-order valence-electron chi connectivity index (χ0n) is 14.4. The van der Waals surface area contributed by atoms with Crippen molar-refractivity contribution < 1.29 is 13.2 Å². The lowest BCUT2D eigenvalue weighted by atomic mass is 10.2. The minimum absolute atomic E-state index is 0.163. The average molecular weight is 421 g/mol. The first-order valence-electron chi connectivity index (χ1n) is 8.41. The largest absolute Gasteiger partial charge is 0.416 e. The van der Waals surface area contributed by atoms with Crippen molar-refractivity contribution in [1.29, 1.82) is 0 Å². The van der Waals surface area contributed by atoms with E-state index in [4.69, 9.17) is 0 Å². The van der Waals surface area contributed by atoms with Crippen LogP contribution in [0.1, 0.15) is 16.8 Å². The number of aryl methyl sites for hydroxylation is 1. The van der Waals surface area contributed by atoms with Crippen molar-refractivity contribution in [3.63, 3.8) is 0 Å². The standard InChI is InChI=1S/C19H14F3N3OS2/c20-19(21,22)13-4-1-5-14(9-13)25-17(26)16-15(6-8-27-16)24-18(25)28-11-12-3-2-7-23-10-12/h1-5,7,9-10H,6,8,11H2. The maximum absolute atomic E-state index is 13.2. The summed E-state index contributed by atoms with van der Waals surface area (Å²) in [4.78, 5) is 22.2. The van der Waals surface area contributed by atoms with Gasteiger partial charge in [0.2, 0.25) is 0 Å². The Kier molecular flexibility index (Phi) is 5.20. The van der Waals surface area contributed by atoms with Crippen LogP contribution < -0.4 is 5.56 Å². The molecule has 0 atom stereocenters. The first kappa shape index (κ1) is 19.1. The Morgan fingerprint density at radius 2 is 2.07 bits per heavy atom. The van der Waals surface area contributed by atoms with Gasteiger partial charge in [-0.15, -0.1) is 11.8 Å². The van der Waals surface area contributed by atoms with Gasteiger partial charge in [-0.1, -0.05) is 23.9 Å². The van der Waals surface area contributed by atoms with E-state index < -0.39 is 11.7 Å². The molecule has 4 rings (SSSR count). The zero-order chi connectivity index (χ0) is 19.7. The molecule has 3 heterocycles. The van der Waals surface area contributed by atoms with Crippen molar-refractivity contribution in [2.75, 3.05) is 5.75 Å². The molecule has 0 fully saturated rings. The molecule has 1 aliphatic heterocycles. The number of pyridine rings is 1. The van der Waals surface area contributed by atoms with Crippen LogP contribution in [-0.2, 0) is 18.3 Å². The van der Waals surface area contributed by atoms with E-state index in [1.165, 1.54) is 40.2 Å². The van der Waals surface area contributed by atoms with E-state index in [-0.39, 0.29) is 11.2 Å². The molecule has 1 aliphatic rings. The number of halogens is 3. The van der Waals surface area contributed by atoms with Crippen LogP contribution in [0.4, 0.5) is 13.2 Å². The van der Waals surface area contributed by atoms with E-state index in [0.29, 0.717) is 27.9 Å². The van der Waals surface area contributed by atoms with Crippen molar-refractivity contribution in [3.05, 3.63) is 76.0 Å². The Morgan fingerprint density at radius 1 is 1.21 bits per heavy atom. The molecule has 4 nitrogen and oxygen atoms in total. The van der Waals surface area contributed by atoms with E-state index in [1.54, 1.807) is 12.4 Å². The maximum atomic E-state index is 13.2. The molecule has 1 aromatic carbocycles. The molecule has 0 bridgehead atoms. The Labute approximate surface area is 167 Å². The van der Waals surface area contributed by atoms with Crippen molar-refractivity contribution in [3.8, 4) is 5.69 Å². The lowest BCUT2D eigenvalue weighted by molar-refractivity contribution is -0.137. The van der Waals surface area contributed by atoms with E-state index in [1.807, 2.05) is 12.1 Å². The Bertz CT molecular complexity index is 1070. The highest BCUT2D eigenvalue weighted by molar-refractivity contribution is 7.99. The summed E-state index contributed by atoms with van der Waals surface area (Å²) >= 11 is 2.71. The molecule has 0 radical (unpaired) electrons. The molecular weight excluding hydrogens is 407 g/mol. The molecule has 144 valence electrons. The van der Waals surface area contributed by atoms with Crippen molar-refractivity contribution >= 4 is 23.5 Å². The quantitative estimate of drug-likeness (QED) is 0.456. The summed E-state index contributed by atoms with van der Waals surface area (Å²) < 4.78 is 40.7.